The second kappa shape index (κ2) is 5.89. The third-order valence-corrected chi connectivity index (χ3v) is 9.63. The molecule has 6 rings (SSSR count). The molecule has 2 aliphatic heterocycles. The quantitative estimate of drug-likeness (QED) is 0.555. The van der Waals surface area contributed by atoms with Crippen molar-refractivity contribution in [3.8, 4) is 11.5 Å². The number of phenolic OH excluding ortho intramolecular Hbond substituents is 1. The monoisotopic (exact) mass is 431 g/mol. The maximum Gasteiger partial charge on any atom is 0.317 e. The molecule has 1 aromatic heterocycles. The largest absolute Gasteiger partial charge is 0.504 e. The van der Waals surface area contributed by atoms with E-state index in [1.807, 2.05) is 12.1 Å². The number of aromatic amines is 1. The lowest BCUT2D eigenvalue weighted by molar-refractivity contribution is -0.154. The Kier molecular flexibility index (Phi) is 3.57. The number of nitrogens with one attached hydrogen (secondary N) is 1. The van der Waals surface area contributed by atoms with Gasteiger partial charge in [-0.3, -0.25) is 14.4 Å². The molecule has 7 atom stereocenters. The number of para-hydroxylation sites is 1. The van der Waals surface area contributed by atoms with Crippen LogP contribution in [0.5, 0.6) is 11.5 Å². The smallest absolute Gasteiger partial charge is 0.317 e. The van der Waals surface area contributed by atoms with E-state index in [1.165, 1.54) is 7.11 Å². The summed E-state index contributed by atoms with van der Waals surface area (Å²) < 4.78 is 10.3. The summed E-state index contributed by atoms with van der Waals surface area (Å²) >= 11 is 2.75. The van der Waals surface area contributed by atoms with Crippen LogP contribution < -0.4 is 9.61 Å². The van der Waals surface area contributed by atoms with Crippen molar-refractivity contribution in [2.75, 3.05) is 7.11 Å². The normalized spacial score (nSPS) is 36.5. The first-order valence-corrected chi connectivity index (χ1v) is 11.2. The van der Waals surface area contributed by atoms with E-state index in [0.29, 0.717) is 11.3 Å². The summed E-state index contributed by atoms with van der Waals surface area (Å²) in [6, 6.07) is 5.37. The average Bonchev–Trinajstić information content (AvgIpc) is 3.41. The number of carbonyl (C=O) groups is 2. The minimum absolute atomic E-state index is 0.0117. The van der Waals surface area contributed by atoms with Gasteiger partial charge in [0.05, 0.1) is 24.0 Å². The zero-order valence-electron chi connectivity index (χ0n) is 15.3. The van der Waals surface area contributed by atoms with Crippen LogP contribution in [0, 0.1) is 29.6 Å². The van der Waals surface area contributed by atoms with Crippen LogP contribution in [0.2, 0.25) is 0 Å². The highest BCUT2D eigenvalue weighted by molar-refractivity contribution is 8.00. The Bertz CT molecular complexity index is 1120. The molecule has 1 aromatic carbocycles. The van der Waals surface area contributed by atoms with Gasteiger partial charge in [0, 0.05) is 21.6 Å². The number of aromatic hydroxyl groups is 1. The zero-order valence-corrected chi connectivity index (χ0v) is 16.9. The van der Waals surface area contributed by atoms with E-state index >= 15 is 0 Å². The van der Waals surface area contributed by atoms with Crippen LogP contribution >= 0.6 is 23.1 Å². The Morgan fingerprint density at radius 2 is 1.93 bits per heavy atom. The Morgan fingerprint density at radius 3 is 2.69 bits per heavy atom. The summed E-state index contributed by atoms with van der Waals surface area (Å²) in [6.45, 7) is 0. The van der Waals surface area contributed by atoms with Crippen LogP contribution in [0.4, 0.5) is 0 Å². The van der Waals surface area contributed by atoms with Crippen LogP contribution in [0.1, 0.15) is 22.8 Å². The molecule has 0 radical (unpaired) electrons. The van der Waals surface area contributed by atoms with Gasteiger partial charge in [-0.1, -0.05) is 23.5 Å². The fourth-order valence-corrected chi connectivity index (χ4v) is 9.00. The number of benzene rings is 1. The number of thioether (sulfide) groups is 1. The van der Waals surface area contributed by atoms with Gasteiger partial charge in [-0.2, -0.15) is 0 Å². The first-order valence-electron chi connectivity index (χ1n) is 9.50. The van der Waals surface area contributed by atoms with Crippen molar-refractivity contribution in [1.82, 2.24) is 4.98 Å². The molecular formula is C20H17NO6S2. The van der Waals surface area contributed by atoms with Crippen LogP contribution in [0.25, 0.3) is 0 Å². The number of phenols is 1. The first kappa shape index (κ1) is 17.6. The van der Waals surface area contributed by atoms with Gasteiger partial charge >= 0.3 is 16.8 Å². The maximum absolute atomic E-state index is 12.4. The molecule has 1 saturated heterocycles. The highest BCUT2D eigenvalue weighted by atomic mass is 32.2. The molecule has 7 nitrogen and oxygen atoms in total. The molecule has 150 valence electrons. The number of hydrogen-bond donors (Lipinski definition) is 2. The van der Waals surface area contributed by atoms with Crippen molar-refractivity contribution in [3.05, 3.63) is 38.3 Å². The first-order chi connectivity index (χ1) is 14.0. The van der Waals surface area contributed by atoms with Crippen molar-refractivity contribution in [2.24, 2.45) is 29.6 Å². The standard InChI is InChI=1S/C20H17NO6S2/c1-26-9-4-2-3-6(14(9)22)10-11-7-5-8(13-12(7)18(23)27-19(13)24)15(11)28-17-16(10)29-20(25)21-17/h2-4,7-8,10-13,15,22H,5H2,1H3,(H,21,25)/t7-,8+,10+,11-,12+,13-,15-/m1/s1. The number of methoxy groups -OCH3 is 1. The number of ether oxygens (including phenoxy) is 2. The third kappa shape index (κ3) is 2.17. The van der Waals surface area contributed by atoms with Gasteiger partial charge in [-0.05, 0) is 30.2 Å². The van der Waals surface area contributed by atoms with Crippen LogP contribution in [0.15, 0.2) is 28.0 Å². The van der Waals surface area contributed by atoms with Gasteiger partial charge in [0.25, 0.3) is 0 Å². The average molecular weight is 431 g/mol. The van der Waals surface area contributed by atoms with Crippen molar-refractivity contribution in [1.29, 1.82) is 0 Å². The molecule has 2 N–H and O–H groups in total. The highest BCUT2D eigenvalue weighted by Crippen LogP contribution is 2.68. The van der Waals surface area contributed by atoms with E-state index in [1.54, 1.807) is 17.8 Å². The maximum atomic E-state index is 12.4. The molecule has 4 aliphatic rings. The van der Waals surface area contributed by atoms with Gasteiger partial charge in [-0.15, -0.1) is 11.8 Å². The summed E-state index contributed by atoms with van der Waals surface area (Å²) in [6.07, 6.45) is 0.791. The molecule has 9 heteroatoms. The van der Waals surface area contributed by atoms with E-state index in [-0.39, 0.29) is 45.5 Å². The Labute approximate surface area is 173 Å². The predicted molar refractivity (Wildman–Crippen MR) is 104 cm³/mol. The van der Waals surface area contributed by atoms with E-state index in [4.69, 9.17) is 9.47 Å². The van der Waals surface area contributed by atoms with Gasteiger partial charge in [0.2, 0.25) is 0 Å². The molecule has 29 heavy (non-hydrogen) atoms. The number of rotatable bonds is 2. The summed E-state index contributed by atoms with van der Waals surface area (Å²) in [4.78, 5) is 40.6. The lowest BCUT2D eigenvalue weighted by atomic mass is 9.68. The fraction of sp³-hybridized carbons (Fsp3) is 0.450. The summed E-state index contributed by atoms with van der Waals surface area (Å²) in [7, 11) is 1.50. The lowest BCUT2D eigenvalue weighted by Crippen LogP contribution is -2.42. The molecule has 3 fully saturated rings. The van der Waals surface area contributed by atoms with Crippen LogP contribution in [-0.2, 0) is 14.3 Å². The summed E-state index contributed by atoms with van der Waals surface area (Å²) in [5, 5.41) is 11.8. The second-order valence-electron chi connectivity index (χ2n) is 8.10. The van der Waals surface area contributed by atoms with Crippen LogP contribution in [0.3, 0.4) is 0 Å². The molecule has 0 amide bonds. The number of fused-ring (bicyclic) bond motifs is 9. The Morgan fingerprint density at radius 1 is 1.17 bits per heavy atom. The third-order valence-electron chi connectivity index (χ3n) is 7.04. The SMILES string of the molecule is COc1cccc([C@@H]2c3sc(=O)[nH]c3S[C@@H]3[C@H]4C[C@@H]([C@@H]5C(=O)OC(=O)[C@H]45)[C@H]23)c1O. The van der Waals surface area contributed by atoms with Crippen molar-refractivity contribution in [3.63, 3.8) is 0 Å². The molecule has 2 aromatic rings. The molecular weight excluding hydrogens is 414 g/mol. The number of aromatic nitrogens is 1. The van der Waals surface area contributed by atoms with Crippen LogP contribution in [-0.4, -0.2) is 34.4 Å². The van der Waals surface area contributed by atoms with Crippen molar-refractivity contribution in [2.45, 2.75) is 22.6 Å². The van der Waals surface area contributed by atoms with E-state index < -0.39 is 17.9 Å². The molecule has 2 saturated carbocycles. The number of thiazole rings is 1. The highest BCUT2D eigenvalue weighted by Gasteiger charge is 2.69. The number of H-pyrrole nitrogens is 1. The van der Waals surface area contributed by atoms with Gasteiger partial charge in [-0.25, -0.2) is 0 Å². The number of carbonyl (C=O) groups excluding carboxylic acids is 2. The van der Waals surface area contributed by atoms with Crippen molar-refractivity contribution < 1.29 is 24.2 Å². The molecule has 0 unspecified atom stereocenters. The second-order valence-corrected chi connectivity index (χ2v) is 10.3. The molecule has 3 heterocycles. The molecule has 2 aliphatic carbocycles. The van der Waals surface area contributed by atoms with E-state index in [0.717, 1.165) is 27.7 Å². The van der Waals surface area contributed by atoms with E-state index in [2.05, 4.69) is 4.98 Å². The predicted octanol–water partition coefficient (Wildman–Crippen LogP) is 2.34. The van der Waals surface area contributed by atoms with Crippen molar-refractivity contribution >= 4 is 35.0 Å². The zero-order chi connectivity index (χ0) is 20.0. The van der Waals surface area contributed by atoms with Gasteiger partial charge < -0.3 is 19.6 Å². The molecule has 0 spiro atoms. The number of hydrogen-bond acceptors (Lipinski definition) is 8. The number of esters is 2. The minimum atomic E-state index is -0.419. The number of cyclic esters (lactones) is 2. The minimum Gasteiger partial charge on any atom is -0.504 e. The lowest BCUT2D eigenvalue weighted by Gasteiger charge is -2.42. The topological polar surface area (TPSA) is 106 Å². The van der Waals surface area contributed by atoms with Gasteiger partial charge in [0.15, 0.2) is 11.5 Å². The van der Waals surface area contributed by atoms with Gasteiger partial charge in [0.1, 0.15) is 0 Å². The Balaban J connectivity index is 1.54. The summed E-state index contributed by atoms with van der Waals surface area (Å²) in [5.41, 5.74) is 0.693. The molecule has 2 bridgehead atoms. The summed E-state index contributed by atoms with van der Waals surface area (Å²) in [5.74, 6) is -1.38. The Hall–Kier alpha value is -2.26. The fourth-order valence-electron chi connectivity index (χ4n) is 6.12. The van der Waals surface area contributed by atoms with E-state index in [9.17, 15) is 19.5 Å².